The summed E-state index contributed by atoms with van der Waals surface area (Å²) in [5.74, 6) is 0.604. The molecule has 2 N–H and O–H groups in total. The summed E-state index contributed by atoms with van der Waals surface area (Å²) in [7, 11) is 1.52. The van der Waals surface area contributed by atoms with Crippen molar-refractivity contribution in [2.45, 2.75) is 6.04 Å². The van der Waals surface area contributed by atoms with Crippen LogP contribution in [-0.2, 0) is 0 Å². The Labute approximate surface area is 177 Å². The second kappa shape index (κ2) is 9.08. The molecular weight excluding hydrogens is 399 g/mol. The van der Waals surface area contributed by atoms with E-state index in [4.69, 9.17) is 9.15 Å². The number of nitrogens with zero attached hydrogens (tertiary/aromatic N) is 2. The van der Waals surface area contributed by atoms with Crippen LogP contribution in [0.25, 0.3) is 11.5 Å². The molecule has 2 amide bonds. The van der Waals surface area contributed by atoms with Crippen molar-refractivity contribution in [2.75, 3.05) is 12.4 Å². The number of anilines is 1. The number of halogens is 1. The molecule has 156 valence electrons. The minimum absolute atomic E-state index is 0.167. The fourth-order valence-corrected chi connectivity index (χ4v) is 3.03. The number of methoxy groups -OCH3 is 1. The Bertz CT molecular complexity index is 1160. The highest BCUT2D eigenvalue weighted by Crippen LogP contribution is 2.27. The standard InChI is InChI=1S/C23H19FN4O3/c1-30-19-10-6-5-9-18(19)25-23(29)26-20(15-11-13-17(24)14-12-15)22-28-27-21(31-22)16-7-3-2-4-8-16/h2-14,20H,1H3,(H2,25,26,29). The van der Waals surface area contributed by atoms with Gasteiger partial charge >= 0.3 is 6.03 Å². The second-order valence-electron chi connectivity index (χ2n) is 6.59. The van der Waals surface area contributed by atoms with Gasteiger partial charge in [0.1, 0.15) is 17.6 Å². The van der Waals surface area contributed by atoms with Crippen LogP contribution in [0.15, 0.2) is 83.3 Å². The summed E-state index contributed by atoms with van der Waals surface area (Å²) in [6.45, 7) is 0. The van der Waals surface area contributed by atoms with E-state index < -0.39 is 17.9 Å². The first-order chi connectivity index (χ1) is 15.1. The molecule has 4 rings (SSSR count). The van der Waals surface area contributed by atoms with Crippen LogP contribution < -0.4 is 15.4 Å². The van der Waals surface area contributed by atoms with Crippen molar-refractivity contribution < 1.29 is 18.3 Å². The molecule has 0 saturated carbocycles. The van der Waals surface area contributed by atoms with Crippen molar-refractivity contribution in [3.05, 3.63) is 96.1 Å². The lowest BCUT2D eigenvalue weighted by atomic mass is 10.1. The van der Waals surface area contributed by atoms with Gasteiger partial charge in [0.25, 0.3) is 0 Å². The van der Waals surface area contributed by atoms with E-state index in [-0.39, 0.29) is 5.89 Å². The molecule has 0 spiro atoms. The van der Waals surface area contributed by atoms with Gasteiger partial charge in [0, 0.05) is 5.56 Å². The maximum Gasteiger partial charge on any atom is 0.320 e. The quantitative estimate of drug-likeness (QED) is 0.470. The van der Waals surface area contributed by atoms with Crippen molar-refractivity contribution in [1.82, 2.24) is 15.5 Å². The third kappa shape index (κ3) is 4.69. The first kappa shape index (κ1) is 20.1. The summed E-state index contributed by atoms with van der Waals surface area (Å²) in [4.78, 5) is 12.7. The maximum atomic E-state index is 13.4. The summed E-state index contributed by atoms with van der Waals surface area (Å²) in [5.41, 5.74) is 1.83. The monoisotopic (exact) mass is 418 g/mol. The second-order valence-corrected chi connectivity index (χ2v) is 6.59. The van der Waals surface area contributed by atoms with Crippen molar-refractivity contribution >= 4 is 11.7 Å². The zero-order valence-corrected chi connectivity index (χ0v) is 16.6. The zero-order chi connectivity index (χ0) is 21.6. The number of hydrogen-bond acceptors (Lipinski definition) is 5. The van der Waals surface area contributed by atoms with Gasteiger partial charge in [0.15, 0.2) is 0 Å². The molecule has 0 aliphatic rings. The molecule has 0 saturated heterocycles. The van der Waals surface area contributed by atoms with Crippen LogP contribution in [0, 0.1) is 5.82 Å². The third-order valence-electron chi connectivity index (χ3n) is 4.54. The molecule has 7 nitrogen and oxygen atoms in total. The highest BCUT2D eigenvalue weighted by Gasteiger charge is 2.24. The van der Waals surface area contributed by atoms with Crippen LogP contribution in [0.1, 0.15) is 17.5 Å². The van der Waals surface area contributed by atoms with Crippen LogP contribution in [0.5, 0.6) is 5.75 Å². The van der Waals surface area contributed by atoms with Gasteiger partial charge in [-0.3, -0.25) is 0 Å². The normalized spacial score (nSPS) is 11.5. The number of hydrogen-bond donors (Lipinski definition) is 2. The molecule has 31 heavy (non-hydrogen) atoms. The van der Waals surface area contributed by atoms with E-state index in [1.807, 2.05) is 30.3 Å². The summed E-state index contributed by atoms with van der Waals surface area (Å²) in [6.07, 6.45) is 0. The Morgan fingerprint density at radius 3 is 2.42 bits per heavy atom. The number of rotatable bonds is 6. The van der Waals surface area contributed by atoms with Gasteiger partial charge in [-0.15, -0.1) is 10.2 Å². The average Bonchev–Trinajstić information content (AvgIpc) is 3.29. The first-order valence-electron chi connectivity index (χ1n) is 9.49. The maximum absolute atomic E-state index is 13.4. The van der Waals surface area contributed by atoms with E-state index in [1.165, 1.54) is 19.2 Å². The molecule has 0 aliphatic carbocycles. The van der Waals surface area contributed by atoms with Gasteiger partial charge in [-0.25, -0.2) is 9.18 Å². The molecule has 0 radical (unpaired) electrons. The molecule has 8 heteroatoms. The van der Waals surface area contributed by atoms with E-state index in [1.54, 1.807) is 36.4 Å². The number of urea groups is 1. The Kier molecular flexibility index (Phi) is 5.89. The summed E-state index contributed by atoms with van der Waals surface area (Å²) in [5, 5.41) is 13.7. The lowest BCUT2D eigenvalue weighted by Crippen LogP contribution is -2.33. The Balaban J connectivity index is 1.61. The number of nitrogens with one attached hydrogen (secondary N) is 2. The van der Waals surface area contributed by atoms with Gasteiger partial charge in [-0.1, -0.05) is 42.5 Å². The van der Waals surface area contributed by atoms with Crippen molar-refractivity contribution in [2.24, 2.45) is 0 Å². The highest BCUT2D eigenvalue weighted by atomic mass is 19.1. The van der Waals surface area contributed by atoms with Crippen LogP contribution >= 0.6 is 0 Å². The zero-order valence-electron chi connectivity index (χ0n) is 16.6. The van der Waals surface area contributed by atoms with Crippen LogP contribution in [0.3, 0.4) is 0 Å². The van der Waals surface area contributed by atoms with Gasteiger partial charge in [0.05, 0.1) is 12.8 Å². The molecule has 0 bridgehead atoms. The van der Waals surface area contributed by atoms with Crippen molar-refractivity contribution in [1.29, 1.82) is 0 Å². The minimum Gasteiger partial charge on any atom is -0.495 e. The van der Waals surface area contributed by atoms with Crippen LogP contribution in [0.2, 0.25) is 0 Å². The molecule has 1 atom stereocenters. The fraction of sp³-hybridized carbons (Fsp3) is 0.0870. The number of carbonyl (C=O) groups is 1. The molecule has 1 aromatic heterocycles. The Morgan fingerprint density at radius 1 is 0.968 bits per heavy atom. The van der Waals surface area contributed by atoms with E-state index in [0.29, 0.717) is 22.9 Å². The topological polar surface area (TPSA) is 89.3 Å². The fourth-order valence-electron chi connectivity index (χ4n) is 3.03. The third-order valence-corrected chi connectivity index (χ3v) is 4.54. The number of benzene rings is 3. The van der Waals surface area contributed by atoms with Gasteiger partial charge in [-0.2, -0.15) is 0 Å². The molecule has 0 aliphatic heterocycles. The van der Waals surface area contributed by atoms with E-state index in [0.717, 1.165) is 5.56 Å². The summed E-state index contributed by atoms with van der Waals surface area (Å²) >= 11 is 0. The molecular formula is C23H19FN4O3. The number of ether oxygens (including phenoxy) is 1. The Morgan fingerprint density at radius 2 is 1.68 bits per heavy atom. The largest absolute Gasteiger partial charge is 0.495 e. The highest BCUT2D eigenvalue weighted by molar-refractivity contribution is 5.91. The van der Waals surface area contributed by atoms with Crippen LogP contribution in [0.4, 0.5) is 14.9 Å². The number of amides is 2. The predicted molar refractivity (Wildman–Crippen MR) is 113 cm³/mol. The predicted octanol–water partition coefficient (Wildman–Crippen LogP) is 4.80. The Hall–Kier alpha value is -4.20. The molecule has 3 aromatic carbocycles. The van der Waals surface area contributed by atoms with E-state index in [9.17, 15) is 9.18 Å². The van der Waals surface area contributed by atoms with Gasteiger partial charge in [0.2, 0.25) is 11.8 Å². The first-order valence-corrected chi connectivity index (χ1v) is 9.49. The number of aromatic nitrogens is 2. The van der Waals surface area contributed by atoms with E-state index in [2.05, 4.69) is 20.8 Å². The molecule has 1 unspecified atom stereocenters. The SMILES string of the molecule is COc1ccccc1NC(=O)NC(c1ccc(F)cc1)c1nnc(-c2ccccc2)o1. The molecule has 1 heterocycles. The van der Waals surface area contributed by atoms with Gasteiger partial charge < -0.3 is 19.8 Å². The molecule has 0 fully saturated rings. The molecule has 4 aromatic rings. The van der Waals surface area contributed by atoms with Crippen LogP contribution in [-0.4, -0.2) is 23.3 Å². The van der Waals surface area contributed by atoms with E-state index >= 15 is 0 Å². The minimum atomic E-state index is -0.791. The van der Waals surface area contributed by atoms with Crippen molar-refractivity contribution in [3.8, 4) is 17.2 Å². The lowest BCUT2D eigenvalue weighted by molar-refractivity contribution is 0.248. The van der Waals surface area contributed by atoms with Gasteiger partial charge in [-0.05, 0) is 42.0 Å². The number of para-hydroxylation sites is 2. The summed E-state index contributed by atoms with van der Waals surface area (Å²) in [6, 6.07) is 20.7. The average molecular weight is 418 g/mol. The summed E-state index contributed by atoms with van der Waals surface area (Å²) < 4.78 is 24.5. The number of carbonyl (C=O) groups excluding carboxylic acids is 1. The lowest BCUT2D eigenvalue weighted by Gasteiger charge is -2.17. The smallest absolute Gasteiger partial charge is 0.320 e. The van der Waals surface area contributed by atoms with Crippen molar-refractivity contribution in [3.63, 3.8) is 0 Å².